The second kappa shape index (κ2) is 4.38. The van der Waals surface area contributed by atoms with E-state index in [4.69, 9.17) is 4.74 Å². The normalized spacial score (nSPS) is 20.6. The summed E-state index contributed by atoms with van der Waals surface area (Å²) >= 11 is 0. The molecule has 1 fully saturated rings. The average molecular weight is 247 g/mol. The van der Waals surface area contributed by atoms with Gasteiger partial charge in [-0.1, -0.05) is 13.8 Å². The van der Waals surface area contributed by atoms with Gasteiger partial charge >= 0.3 is 0 Å². The van der Waals surface area contributed by atoms with E-state index in [1.807, 2.05) is 13.8 Å². The molecular formula is C15H21NO2. The standard InChI is InChI=1S/C15H21NO2/c1-9-8-16-12(10(2)14(9)18-5)6-13(17)11-7-15(11,3)4/h8,11H,6-7H2,1-5H3. The predicted molar refractivity (Wildman–Crippen MR) is 70.9 cm³/mol. The number of hydrogen-bond acceptors (Lipinski definition) is 3. The van der Waals surface area contributed by atoms with Crippen molar-refractivity contribution in [2.45, 2.75) is 40.5 Å². The highest BCUT2D eigenvalue weighted by molar-refractivity contribution is 5.86. The first-order chi connectivity index (χ1) is 8.36. The molecule has 1 atom stereocenters. The number of carbonyl (C=O) groups is 1. The molecule has 0 aliphatic heterocycles. The van der Waals surface area contributed by atoms with Gasteiger partial charge in [-0.25, -0.2) is 0 Å². The smallest absolute Gasteiger partial charge is 0.142 e. The number of aromatic nitrogens is 1. The average Bonchev–Trinajstić information content (AvgIpc) is 2.93. The van der Waals surface area contributed by atoms with E-state index in [1.54, 1.807) is 13.3 Å². The van der Waals surface area contributed by atoms with Crippen molar-refractivity contribution in [3.63, 3.8) is 0 Å². The van der Waals surface area contributed by atoms with Crippen molar-refractivity contribution in [1.29, 1.82) is 0 Å². The largest absolute Gasteiger partial charge is 0.496 e. The second-order valence-electron chi connectivity index (χ2n) is 5.93. The Morgan fingerprint density at radius 2 is 2.11 bits per heavy atom. The summed E-state index contributed by atoms with van der Waals surface area (Å²) in [5, 5.41) is 0. The first-order valence-corrected chi connectivity index (χ1v) is 6.38. The van der Waals surface area contributed by atoms with E-state index in [2.05, 4.69) is 18.8 Å². The van der Waals surface area contributed by atoms with Crippen LogP contribution in [0.3, 0.4) is 0 Å². The van der Waals surface area contributed by atoms with Gasteiger partial charge in [0.05, 0.1) is 12.8 Å². The summed E-state index contributed by atoms with van der Waals surface area (Å²) < 4.78 is 5.36. The molecule has 1 unspecified atom stereocenters. The highest BCUT2D eigenvalue weighted by Crippen LogP contribution is 2.52. The number of carbonyl (C=O) groups excluding carboxylic acids is 1. The highest BCUT2D eigenvalue weighted by Gasteiger charge is 2.49. The van der Waals surface area contributed by atoms with Gasteiger partial charge in [-0.15, -0.1) is 0 Å². The van der Waals surface area contributed by atoms with Crippen molar-refractivity contribution in [1.82, 2.24) is 4.98 Å². The molecule has 0 N–H and O–H groups in total. The number of hydrogen-bond donors (Lipinski definition) is 0. The second-order valence-corrected chi connectivity index (χ2v) is 5.93. The molecule has 1 aromatic rings. The predicted octanol–water partition coefficient (Wildman–Crippen LogP) is 2.86. The van der Waals surface area contributed by atoms with Crippen LogP contribution < -0.4 is 4.74 Å². The number of Topliss-reactive ketones (excluding diaryl/α,β-unsaturated/α-hetero) is 1. The molecule has 1 saturated carbocycles. The first-order valence-electron chi connectivity index (χ1n) is 6.38. The van der Waals surface area contributed by atoms with Crippen LogP contribution in [0.2, 0.25) is 0 Å². The molecule has 98 valence electrons. The van der Waals surface area contributed by atoms with Gasteiger partial charge in [-0.05, 0) is 25.7 Å². The Labute approximate surface area is 109 Å². The fourth-order valence-electron chi connectivity index (χ4n) is 2.55. The lowest BCUT2D eigenvalue weighted by Gasteiger charge is -2.12. The molecule has 1 heterocycles. The Kier molecular flexibility index (Phi) is 3.18. The minimum absolute atomic E-state index is 0.194. The summed E-state index contributed by atoms with van der Waals surface area (Å²) in [5.41, 5.74) is 3.05. The summed E-state index contributed by atoms with van der Waals surface area (Å²) in [6.07, 6.45) is 3.22. The molecule has 1 aliphatic rings. The van der Waals surface area contributed by atoms with Crippen LogP contribution >= 0.6 is 0 Å². The summed E-state index contributed by atoms with van der Waals surface area (Å²) in [5.74, 6) is 1.37. The molecule has 3 nitrogen and oxygen atoms in total. The van der Waals surface area contributed by atoms with Crippen molar-refractivity contribution < 1.29 is 9.53 Å². The van der Waals surface area contributed by atoms with E-state index in [1.165, 1.54) is 0 Å². The molecule has 0 amide bonds. The molecule has 0 aromatic carbocycles. The van der Waals surface area contributed by atoms with Gasteiger partial charge in [-0.3, -0.25) is 9.78 Å². The summed E-state index contributed by atoms with van der Waals surface area (Å²) in [6, 6.07) is 0. The Hall–Kier alpha value is -1.38. The summed E-state index contributed by atoms with van der Waals surface area (Å²) in [6.45, 7) is 8.23. The van der Waals surface area contributed by atoms with Gasteiger partial charge in [0.25, 0.3) is 0 Å². The monoisotopic (exact) mass is 247 g/mol. The van der Waals surface area contributed by atoms with E-state index < -0.39 is 0 Å². The number of ether oxygens (including phenoxy) is 1. The van der Waals surface area contributed by atoms with E-state index in [-0.39, 0.29) is 11.3 Å². The lowest BCUT2D eigenvalue weighted by Crippen LogP contribution is -2.12. The number of ketones is 1. The topological polar surface area (TPSA) is 39.2 Å². The van der Waals surface area contributed by atoms with E-state index in [0.29, 0.717) is 12.2 Å². The molecule has 1 aromatic heterocycles. The highest BCUT2D eigenvalue weighted by atomic mass is 16.5. The quantitative estimate of drug-likeness (QED) is 0.821. The van der Waals surface area contributed by atoms with Gasteiger partial charge in [0.1, 0.15) is 11.5 Å². The molecular weight excluding hydrogens is 226 g/mol. The number of methoxy groups -OCH3 is 1. The van der Waals surface area contributed by atoms with Gasteiger partial charge in [0.2, 0.25) is 0 Å². The van der Waals surface area contributed by atoms with Crippen LogP contribution in [0.4, 0.5) is 0 Å². The van der Waals surface area contributed by atoms with Crippen LogP contribution in [0.15, 0.2) is 6.20 Å². The van der Waals surface area contributed by atoms with E-state index >= 15 is 0 Å². The number of aryl methyl sites for hydroxylation is 1. The van der Waals surface area contributed by atoms with Crippen molar-refractivity contribution in [3.05, 3.63) is 23.0 Å². The lowest BCUT2D eigenvalue weighted by atomic mass is 10.0. The van der Waals surface area contributed by atoms with Gasteiger partial charge in [0.15, 0.2) is 0 Å². The summed E-state index contributed by atoms with van der Waals surface area (Å²) in [7, 11) is 1.66. The Bertz CT molecular complexity index is 492. The maximum Gasteiger partial charge on any atom is 0.142 e. The van der Waals surface area contributed by atoms with Gasteiger partial charge < -0.3 is 4.74 Å². The molecule has 0 radical (unpaired) electrons. The third kappa shape index (κ3) is 2.26. The molecule has 0 bridgehead atoms. The van der Waals surface area contributed by atoms with Crippen LogP contribution in [0.1, 0.15) is 37.1 Å². The van der Waals surface area contributed by atoms with Crippen molar-refractivity contribution in [2.75, 3.05) is 7.11 Å². The Morgan fingerprint density at radius 3 is 2.61 bits per heavy atom. The SMILES string of the molecule is COc1c(C)cnc(CC(=O)C2CC2(C)C)c1C. The fourth-order valence-corrected chi connectivity index (χ4v) is 2.55. The zero-order valence-electron chi connectivity index (χ0n) is 11.8. The molecule has 2 rings (SSSR count). The maximum absolute atomic E-state index is 12.1. The van der Waals surface area contributed by atoms with Crippen molar-refractivity contribution in [3.8, 4) is 5.75 Å². The van der Waals surface area contributed by atoms with Crippen LogP contribution in [0.5, 0.6) is 5.75 Å². The maximum atomic E-state index is 12.1. The molecule has 18 heavy (non-hydrogen) atoms. The molecule has 0 spiro atoms. The Morgan fingerprint density at radius 1 is 1.50 bits per heavy atom. The van der Waals surface area contributed by atoms with E-state index in [9.17, 15) is 4.79 Å². The van der Waals surface area contributed by atoms with Crippen LogP contribution in [0.25, 0.3) is 0 Å². The zero-order chi connectivity index (χ0) is 13.5. The Balaban J connectivity index is 2.18. The van der Waals surface area contributed by atoms with Crippen LogP contribution in [-0.4, -0.2) is 17.9 Å². The van der Waals surface area contributed by atoms with Crippen LogP contribution in [-0.2, 0) is 11.2 Å². The minimum atomic E-state index is 0.194. The minimum Gasteiger partial charge on any atom is -0.496 e. The number of nitrogens with zero attached hydrogens (tertiary/aromatic N) is 1. The molecule has 1 aliphatic carbocycles. The molecule has 0 saturated heterocycles. The first kappa shape index (κ1) is 13.1. The van der Waals surface area contributed by atoms with E-state index in [0.717, 1.165) is 29.0 Å². The lowest BCUT2D eigenvalue weighted by molar-refractivity contribution is -0.120. The van der Waals surface area contributed by atoms with Crippen molar-refractivity contribution in [2.24, 2.45) is 11.3 Å². The molecule has 3 heteroatoms. The number of pyridine rings is 1. The van der Waals surface area contributed by atoms with Gasteiger partial charge in [-0.2, -0.15) is 0 Å². The third-order valence-corrected chi connectivity index (χ3v) is 3.99. The summed E-state index contributed by atoms with van der Waals surface area (Å²) in [4.78, 5) is 16.5. The van der Waals surface area contributed by atoms with Crippen molar-refractivity contribution >= 4 is 5.78 Å². The van der Waals surface area contributed by atoms with Crippen LogP contribution in [0, 0.1) is 25.2 Å². The zero-order valence-corrected chi connectivity index (χ0v) is 11.8. The van der Waals surface area contributed by atoms with Gasteiger partial charge in [0, 0.05) is 29.7 Å². The fraction of sp³-hybridized carbons (Fsp3) is 0.600. The third-order valence-electron chi connectivity index (χ3n) is 3.99. The number of rotatable bonds is 4.